The van der Waals surface area contributed by atoms with Crippen molar-refractivity contribution in [2.24, 2.45) is 11.7 Å². The second kappa shape index (κ2) is 7.00. The van der Waals surface area contributed by atoms with E-state index in [0.717, 1.165) is 49.1 Å². The van der Waals surface area contributed by atoms with Gasteiger partial charge in [-0.1, -0.05) is 36.4 Å². The SMILES string of the molecule is NC(=O)OC(=O)c1nn([C@H]2CN3CCC2CC3)c2cc(-c3ccccc3)ccc12. The molecule has 7 heteroatoms. The van der Waals surface area contributed by atoms with Gasteiger partial charge in [-0.2, -0.15) is 5.10 Å². The quantitative estimate of drug-likeness (QED) is 0.548. The lowest BCUT2D eigenvalue weighted by Gasteiger charge is -2.44. The number of esters is 1. The lowest BCUT2D eigenvalue weighted by Crippen LogP contribution is -2.48. The topological polar surface area (TPSA) is 90.5 Å². The first-order valence-corrected chi connectivity index (χ1v) is 9.92. The van der Waals surface area contributed by atoms with E-state index in [0.29, 0.717) is 11.3 Å². The Labute approximate surface area is 168 Å². The summed E-state index contributed by atoms with van der Waals surface area (Å²) in [6.45, 7) is 3.15. The third kappa shape index (κ3) is 3.17. The molecule has 1 amide bonds. The largest absolute Gasteiger partial charge is 0.412 e. The number of primary amides is 1. The monoisotopic (exact) mass is 390 g/mol. The van der Waals surface area contributed by atoms with Gasteiger partial charge in [-0.25, -0.2) is 9.59 Å². The van der Waals surface area contributed by atoms with E-state index in [4.69, 9.17) is 5.73 Å². The first kappa shape index (κ1) is 17.9. The van der Waals surface area contributed by atoms with E-state index < -0.39 is 12.1 Å². The molecule has 4 heterocycles. The fourth-order valence-electron chi connectivity index (χ4n) is 4.70. The molecule has 2 bridgehead atoms. The highest BCUT2D eigenvalue weighted by atomic mass is 16.6. The van der Waals surface area contributed by atoms with Crippen LogP contribution in [0.15, 0.2) is 48.5 Å². The molecular weight excluding hydrogens is 368 g/mol. The number of hydrogen-bond donors (Lipinski definition) is 1. The molecule has 2 aromatic carbocycles. The highest BCUT2D eigenvalue weighted by Crippen LogP contribution is 2.38. The molecule has 0 spiro atoms. The molecule has 7 nitrogen and oxygen atoms in total. The van der Waals surface area contributed by atoms with Crippen molar-refractivity contribution in [3.63, 3.8) is 0 Å². The van der Waals surface area contributed by atoms with Crippen LogP contribution in [0.5, 0.6) is 0 Å². The van der Waals surface area contributed by atoms with Crippen molar-refractivity contribution in [3.05, 3.63) is 54.2 Å². The highest BCUT2D eigenvalue weighted by Gasteiger charge is 2.37. The first-order valence-electron chi connectivity index (χ1n) is 9.92. The van der Waals surface area contributed by atoms with Crippen molar-refractivity contribution in [1.82, 2.24) is 14.7 Å². The van der Waals surface area contributed by atoms with Gasteiger partial charge in [0.1, 0.15) is 0 Å². The minimum absolute atomic E-state index is 0.134. The van der Waals surface area contributed by atoms with Crippen LogP contribution in [-0.2, 0) is 4.74 Å². The zero-order valence-corrected chi connectivity index (χ0v) is 16.0. The van der Waals surface area contributed by atoms with Crippen molar-refractivity contribution < 1.29 is 14.3 Å². The van der Waals surface area contributed by atoms with Gasteiger partial charge in [-0.15, -0.1) is 0 Å². The number of aromatic nitrogens is 2. The number of carbonyl (C=O) groups excluding carboxylic acids is 2. The van der Waals surface area contributed by atoms with Crippen molar-refractivity contribution >= 4 is 23.0 Å². The molecule has 3 saturated heterocycles. The van der Waals surface area contributed by atoms with E-state index in [2.05, 4.69) is 32.9 Å². The second-order valence-electron chi connectivity index (χ2n) is 7.81. The maximum atomic E-state index is 12.5. The molecule has 6 rings (SSSR count). The van der Waals surface area contributed by atoms with Crippen LogP contribution in [0.4, 0.5) is 4.79 Å². The standard InChI is InChI=1S/C22H22N4O3/c23-22(28)29-21(27)20-17-7-6-16(14-4-2-1-3-5-14)12-18(17)26(24-20)19-13-25-10-8-15(19)9-11-25/h1-7,12,15,19H,8-11,13H2,(H2,23,28)/t19-/m0/s1. The van der Waals surface area contributed by atoms with Crippen LogP contribution in [0.2, 0.25) is 0 Å². The normalized spacial score (nSPS) is 23.2. The fourth-order valence-corrected chi connectivity index (χ4v) is 4.70. The van der Waals surface area contributed by atoms with Gasteiger partial charge in [0.05, 0.1) is 11.6 Å². The molecule has 0 aliphatic carbocycles. The van der Waals surface area contributed by atoms with Gasteiger partial charge in [0, 0.05) is 11.9 Å². The summed E-state index contributed by atoms with van der Waals surface area (Å²) in [6, 6.07) is 16.2. The lowest BCUT2D eigenvalue weighted by molar-refractivity contribution is 0.0518. The third-order valence-corrected chi connectivity index (χ3v) is 6.14. The van der Waals surface area contributed by atoms with E-state index in [1.165, 1.54) is 0 Å². The number of nitrogens with zero attached hydrogens (tertiary/aromatic N) is 3. The van der Waals surface area contributed by atoms with Gasteiger partial charge < -0.3 is 15.4 Å². The van der Waals surface area contributed by atoms with Crippen LogP contribution in [0.3, 0.4) is 0 Å². The van der Waals surface area contributed by atoms with Gasteiger partial charge in [0.25, 0.3) is 0 Å². The van der Waals surface area contributed by atoms with E-state index in [1.807, 2.05) is 35.0 Å². The summed E-state index contributed by atoms with van der Waals surface area (Å²) in [4.78, 5) is 26.0. The maximum absolute atomic E-state index is 12.5. The highest BCUT2D eigenvalue weighted by molar-refractivity contribution is 6.05. The number of hydrogen-bond acceptors (Lipinski definition) is 5. The molecule has 3 aromatic rings. The summed E-state index contributed by atoms with van der Waals surface area (Å²) >= 11 is 0. The average molecular weight is 390 g/mol. The molecule has 3 fully saturated rings. The van der Waals surface area contributed by atoms with E-state index in [1.54, 1.807) is 0 Å². The Bertz CT molecular complexity index is 1080. The molecule has 0 unspecified atom stereocenters. The molecule has 1 atom stereocenters. The Morgan fingerprint density at radius 3 is 2.45 bits per heavy atom. The van der Waals surface area contributed by atoms with Crippen molar-refractivity contribution in [3.8, 4) is 11.1 Å². The lowest BCUT2D eigenvalue weighted by atomic mass is 9.84. The summed E-state index contributed by atoms with van der Waals surface area (Å²) in [5.41, 5.74) is 8.21. The summed E-state index contributed by atoms with van der Waals surface area (Å²) < 4.78 is 6.60. The number of nitrogens with two attached hydrogens (primary N) is 1. The molecule has 29 heavy (non-hydrogen) atoms. The van der Waals surface area contributed by atoms with Crippen LogP contribution in [-0.4, -0.2) is 46.4 Å². The maximum Gasteiger partial charge on any atom is 0.412 e. The minimum atomic E-state index is -1.12. The molecule has 1 aromatic heterocycles. The van der Waals surface area contributed by atoms with E-state index in [9.17, 15) is 9.59 Å². The number of piperidine rings is 3. The Morgan fingerprint density at radius 2 is 1.79 bits per heavy atom. The number of ether oxygens (including phenoxy) is 1. The zero-order valence-electron chi connectivity index (χ0n) is 16.0. The minimum Gasteiger partial charge on any atom is -0.371 e. The Hall–Kier alpha value is -3.19. The van der Waals surface area contributed by atoms with Gasteiger partial charge in [-0.3, -0.25) is 4.68 Å². The molecule has 2 N–H and O–H groups in total. The Kier molecular flexibility index (Phi) is 4.32. The summed E-state index contributed by atoms with van der Waals surface area (Å²) in [5, 5.41) is 5.30. The second-order valence-corrected chi connectivity index (χ2v) is 7.81. The van der Waals surface area contributed by atoms with Gasteiger partial charge >= 0.3 is 12.1 Å². The van der Waals surface area contributed by atoms with Gasteiger partial charge in [0.2, 0.25) is 0 Å². The smallest absolute Gasteiger partial charge is 0.371 e. The molecule has 148 valence electrons. The summed E-state index contributed by atoms with van der Waals surface area (Å²) in [6.07, 6.45) is 1.14. The van der Waals surface area contributed by atoms with Gasteiger partial charge in [-0.05, 0) is 55.1 Å². The van der Waals surface area contributed by atoms with Crippen LogP contribution < -0.4 is 5.73 Å². The van der Waals surface area contributed by atoms with Crippen molar-refractivity contribution in [2.45, 2.75) is 18.9 Å². The zero-order chi connectivity index (χ0) is 20.0. The molecular formula is C22H22N4O3. The summed E-state index contributed by atoms with van der Waals surface area (Å²) in [5.74, 6) is -0.279. The fraction of sp³-hybridized carbons (Fsp3) is 0.318. The first-order chi connectivity index (χ1) is 14.1. The number of fused-ring (bicyclic) bond motifs is 4. The molecule has 3 aliphatic heterocycles. The average Bonchev–Trinajstić information content (AvgIpc) is 3.13. The molecule has 0 radical (unpaired) electrons. The number of benzene rings is 2. The summed E-state index contributed by atoms with van der Waals surface area (Å²) in [7, 11) is 0. The number of carbonyl (C=O) groups is 2. The number of amides is 1. The predicted molar refractivity (Wildman–Crippen MR) is 108 cm³/mol. The third-order valence-electron chi connectivity index (χ3n) is 6.14. The van der Waals surface area contributed by atoms with Crippen LogP contribution in [0, 0.1) is 5.92 Å². The van der Waals surface area contributed by atoms with Crippen molar-refractivity contribution in [1.29, 1.82) is 0 Å². The molecule has 3 aliphatic rings. The van der Waals surface area contributed by atoms with Crippen LogP contribution >= 0.6 is 0 Å². The van der Waals surface area contributed by atoms with Crippen LogP contribution in [0.1, 0.15) is 29.4 Å². The number of rotatable bonds is 3. The van der Waals surface area contributed by atoms with E-state index >= 15 is 0 Å². The van der Waals surface area contributed by atoms with Gasteiger partial charge in [0.15, 0.2) is 5.69 Å². The van der Waals surface area contributed by atoms with E-state index in [-0.39, 0.29) is 11.7 Å². The molecule has 0 saturated carbocycles. The van der Waals surface area contributed by atoms with Crippen LogP contribution in [0.25, 0.3) is 22.0 Å². The predicted octanol–water partition coefficient (Wildman–Crippen LogP) is 3.21. The Balaban J connectivity index is 1.65. The Morgan fingerprint density at radius 1 is 1.03 bits per heavy atom. The van der Waals surface area contributed by atoms with Crippen molar-refractivity contribution in [2.75, 3.05) is 19.6 Å².